The monoisotopic (exact) mass is 224 g/mol. The van der Waals surface area contributed by atoms with Crippen LogP contribution in [0.2, 0.25) is 0 Å². The second kappa shape index (κ2) is 3.52. The van der Waals surface area contributed by atoms with Crippen molar-refractivity contribution in [1.82, 2.24) is 9.97 Å². The van der Waals surface area contributed by atoms with Crippen LogP contribution in [0.3, 0.4) is 0 Å². The summed E-state index contributed by atoms with van der Waals surface area (Å²) in [4.78, 5) is 19.0. The molecular weight excluding hydrogens is 216 g/mol. The zero-order valence-electron chi connectivity index (χ0n) is 8.79. The highest BCUT2D eigenvalue weighted by Crippen LogP contribution is 2.21. The molecule has 17 heavy (non-hydrogen) atoms. The van der Waals surface area contributed by atoms with Gasteiger partial charge in [-0.05, 0) is 29.7 Å². The molecular formula is C13H8N2O2. The van der Waals surface area contributed by atoms with Gasteiger partial charge in [0, 0.05) is 23.2 Å². The van der Waals surface area contributed by atoms with Gasteiger partial charge in [0.1, 0.15) is 5.69 Å². The lowest BCUT2D eigenvalue weighted by atomic mass is 10.1. The zero-order valence-corrected chi connectivity index (χ0v) is 8.79. The third-order valence-electron chi connectivity index (χ3n) is 2.66. The van der Waals surface area contributed by atoms with Gasteiger partial charge in [0.2, 0.25) is 0 Å². The van der Waals surface area contributed by atoms with E-state index in [0.717, 1.165) is 21.7 Å². The average molecular weight is 224 g/mol. The van der Waals surface area contributed by atoms with Crippen molar-refractivity contribution < 1.29 is 9.90 Å². The lowest BCUT2D eigenvalue weighted by Crippen LogP contribution is -1.99. The lowest BCUT2D eigenvalue weighted by molar-refractivity contribution is 0.0690. The van der Waals surface area contributed by atoms with Crippen LogP contribution in [-0.2, 0) is 0 Å². The Balaban J connectivity index is 2.36. The van der Waals surface area contributed by atoms with Crippen LogP contribution in [0.25, 0.3) is 21.7 Å². The highest BCUT2D eigenvalue weighted by Gasteiger charge is 2.06. The molecule has 0 fully saturated rings. The minimum Gasteiger partial charge on any atom is -0.477 e. The van der Waals surface area contributed by atoms with E-state index in [0.29, 0.717) is 0 Å². The fourth-order valence-corrected chi connectivity index (χ4v) is 1.83. The van der Waals surface area contributed by atoms with E-state index >= 15 is 0 Å². The minimum absolute atomic E-state index is 0.0489. The molecule has 0 unspecified atom stereocenters. The Labute approximate surface area is 96.6 Å². The molecule has 0 aliphatic rings. The Morgan fingerprint density at radius 3 is 2.76 bits per heavy atom. The molecule has 0 saturated carbocycles. The largest absolute Gasteiger partial charge is 0.477 e. The molecule has 0 saturated heterocycles. The van der Waals surface area contributed by atoms with Crippen LogP contribution in [0.15, 0.2) is 42.7 Å². The number of nitrogens with zero attached hydrogens (tertiary/aromatic N) is 2. The van der Waals surface area contributed by atoms with Crippen LogP contribution in [0.4, 0.5) is 0 Å². The number of hydrogen-bond acceptors (Lipinski definition) is 3. The molecule has 1 N–H and O–H groups in total. The number of carboxylic acid groups (broad SMARTS) is 1. The smallest absolute Gasteiger partial charge is 0.354 e. The van der Waals surface area contributed by atoms with Crippen molar-refractivity contribution in [2.45, 2.75) is 0 Å². The number of benzene rings is 1. The van der Waals surface area contributed by atoms with Crippen molar-refractivity contribution in [2.24, 2.45) is 0 Å². The number of rotatable bonds is 1. The van der Waals surface area contributed by atoms with Crippen LogP contribution in [0.5, 0.6) is 0 Å². The van der Waals surface area contributed by atoms with Crippen molar-refractivity contribution in [2.75, 3.05) is 0 Å². The summed E-state index contributed by atoms with van der Waals surface area (Å²) in [7, 11) is 0. The van der Waals surface area contributed by atoms with Crippen LogP contribution in [0, 0.1) is 0 Å². The molecule has 2 heterocycles. The first kappa shape index (κ1) is 9.72. The third-order valence-corrected chi connectivity index (χ3v) is 2.66. The summed E-state index contributed by atoms with van der Waals surface area (Å²) in [6, 6.07) is 9.22. The summed E-state index contributed by atoms with van der Waals surface area (Å²) in [5.74, 6) is -1.02. The van der Waals surface area contributed by atoms with Crippen LogP contribution in [0.1, 0.15) is 10.5 Å². The molecule has 1 aromatic carbocycles. The second-order valence-corrected chi connectivity index (χ2v) is 3.77. The Kier molecular flexibility index (Phi) is 2.01. The normalized spacial score (nSPS) is 10.8. The topological polar surface area (TPSA) is 63.1 Å². The van der Waals surface area contributed by atoms with E-state index in [2.05, 4.69) is 9.97 Å². The zero-order chi connectivity index (χ0) is 11.8. The highest BCUT2D eigenvalue weighted by molar-refractivity contribution is 5.98. The molecule has 0 aliphatic carbocycles. The number of carboxylic acids is 1. The fourth-order valence-electron chi connectivity index (χ4n) is 1.83. The summed E-state index contributed by atoms with van der Waals surface area (Å²) in [5, 5.41) is 11.6. The number of aromatic nitrogens is 2. The maximum atomic E-state index is 10.8. The van der Waals surface area contributed by atoms with E-state index in [1.54, 1.807) is 18.5 Å². The molecule has 0 spiro atoms. The molecule has 4 heteroatoms. The number of hydrogen-bond donors (Lipinski definition) is 1. The molecule has 4 nitrogen and oxygen atoms in total. The summed E-state index contributed by atoms with van der Waals surface area (Å²) in [6.07, 6.45) is 3.29. The van der Waals surface area contributed by atoms with Crippen molar-refractivity contribution in [1.29, 1.82) is 0 Å². The van der Waals surface area contributed by atoms with Crippen LogP contribution < -0.4 is 0 Å². The molecule has 3 aromatic rings. The molecule has 0 atom stereocenters. The quantitative estimate of drug-likeness (QED) is 0.645. The van der Waals surface area contributed by atoms with Gasteiger partial charge in [0.25, 0.3) is 0 Å². The van der Waals surface area contributed by atoms with Crippen molar-refractivity contribution in [3.8, 4) is 0 Å². The van der Waals surface area contributed by atoms with E-state index in [4.69, 9.17) is 5.11 Å². The SMILES string of the molecule is O=C(O)c1cc2cc3ncccc3cc2cn1. The number of aromatic carboxylic acids is 1. The third kappa shape index (κ3) is 1.59. The van der Waals surface area contributed by atoms with Crippen LogP contribution >= 0.6 is 0 Å². The predicted octanol–water partition coefficient (Wildman–Crippen LogP) is 2.48. The molecule has 0 amide bonds. The predicted molar refractivity (Wildman–Crippen MR) is 64.0 cm³/mol. The lowest BCUT2D eigenvalue weighted by Gasteiger charge is -2.02. The van der Waals surface area contributed by atoms with Gasteiger partial charge in [0.15, 0.2) is 0 Å². The van der Waals surface area contributed by atoms with Gasteiger partial charge >= 0.3 is 5.97 Å². The fraction of sp³-hybridized carbons (Fsp3) is 0. The number of carbonyl (C=O) groups is 1. The second-order valence-electron chi connectivity index (χ2n) is 3.77. The Morgan fingerprint density at radius 1 is 1.06 bits per heavy atom. The van der Waals surface area contributed by atoms with Gasteiger partial charge < -0.3 is 5.11 Å². The highest BCUT2D eigenvalue weighted by atomic mass is 16.4. The molecule has 2 aromatic heterocycles. The first-order chi connectivity index (χ1) is 8.24. The van der Waals surface area contributed by atoms with E-state index < -0.39 is 5.97 Å². The molecule has 0 aliphatic heterocycles. The Bertz CT molecular complexity index is 738. The molecule has 3 rings (SSSR count). The van der Waals surface area contributed by atoms with E-state index in [-0.39, 0.29) is 5.69 Å². The van der Waals surface area contributed by atoms with E-state index in [1.807, 2.05) is 24.3 Å². The van der Waals surface area contributed by atoms with Crippen LogP contribution in [-0.4, -0.2) is 21.0 Å². The van der Waals surface area contributed by atoms with Gasteiger partial charge in [-0.3, -0.25) is 4.98 Å². The molecule has 82 valence electrons. The molecule has 0 bridgehead atoms. The maximum Gasteiger partial charge on any atom is 0.354 e. The van der Waals surface area contributed by atoms with Crippen molar-refractivity contribution in [3.63, 3.8) is 0 Å². The van der Waals surface area contributed by atoms with E-state index in [1.165, 1.54) is 0 Å². The minimum atomic E-state index is -1.02. The number of pyridine rings is 2. The average Bonchev–Trinajstić information content (AvgIpc) is 2.35. The maximum absolute atomic E-state index is 10.8. The summed E-state index contributed by atoms with van der Waals surface area (Å²) >= 11 is 0. The summed E-state index contributed by atoms with van der Waals surface area (Å²) in [6.45, 7) is 0. The first-order valence-electron chi connectivity index (χ1n) is 5.12. The van der Waals surface area contributed by atoms with Crippen molar-refractivity contribution >= 4 is 27.6 Å². The van der Waals surface area contributed by atoms with Gasteiger partial charge in [-0.15, -0.1) is 0 Å². The van der Waals surface area contributed by atoms with Gasteiger partial charge in [0.05, 0.1) is 5.52 Å². The van der Waals surface area contributed by atoms with Crippen molar-refractivity contribution in [3.05, 3.63) is 48.4 Å². The van der Waals surface area contributed by atoms with Gasteiger partial charge in [-0.2, -0.15) is 0 Å². The Hall–Kier alpha value is -2.49. The van der Waals surface area contributed by atoms with E-state index in [9.17, 15) is 4.79 Å². The standard InChI is InChI=1S/C13H8N2O2/c16-13(17)12-6-9-5-11-8(2-1-3-14-11)4-10(9)7-15-12/h1-7H,(H,16,17). The first-order valence-corrected chi connectivity index (χ1v) is 5.12. The van der Waals surface area contributed by atoms with Gasteiger partial charge in [-0.25, -0.2) is 9.78 Å². The number of fused-ring (bicyclic) bond motifs is 2. The van der Waals surface area contributed by atoms with Gasteiger partial charge in [-0.1, -0.05) is 6.07 Å². The summed E-state index contributed by atoms with van der Waals surface area (Å²) in [5.41, 5.74) is 0.898. The summed E-state index contributed by atoms with van der Waals surface area (Å²) < 4.78 is 0. The molecule has 0 radical (unpaired) electrons. The Morgan fingerprint density at radius 2 is 1.94 bits per heavy atom.